The smallest absolute Gasteiger partial charge is 0.110 e. The summed E-state index contributed by atoms with van der Waals surface area (Å²) in [6.45, 7) is 10.1. The van der Waals surface area contributed by atoms with E-state index < -0.39 is 0 Å². The quantitative estimate of drug-likeness (QED) is 0.889. The van der Waals surface area contributed by atoms with E-state index in [2.05, 4.69) is 41.4 Å². The van der Waals surface area contributed by atoms with Crippen molar-refractivity contribution in [2.45, 2.75) is 52.1 Å². The van der Waals surface area contributed by atoms with Gasteiger partial charge in [-0.05, 0) is 46.2 Å². The van der Waals surface area contributed by atoms with Crippen LogP contribution >= 0.6 is 11.3 Å². The van der Waals surface area contributed by atoms with Crippen molar-refractivity contribution in [2.24, 2.45) is 0 Å². The Hall–Kier alpha value is -0.450. The minimum absolute atomic E-state index is 0.468. The van der Waals surface area contributed by atoms with E-state index in [1.54, 1.807) is 11.3 Å². The maximum absolute atomic E-state index is 4.63. The monoisotopic (exact) mass is 267 g/mol. The summed E-state index contributed by atoms with van der Waals surface area (Å²) < 4.78 is 0. The Bertz CT molecular complexity index is 364. The molecule has 2 atom stereocenters. The maximum atomic E-state index is 4.63. The van der Waals surface area contributed by atoms with Gasteiger partial charge in [0.15, 0.2) is 0 Å². The Morgan fingerprint density at radius 3 is 3.11 bits per heavy atom. The van der Waals surface area contributed by atoms with Gasteiger partial charge in [0.2, 0.25) is 0 Å². The Labute approximate surface area is 115 Å². The second-order valence-electron chi connectivity index (χ2n) is 5.29. The van der Waals surface area contributed by atoms with Gasteiger partial charge >= 0.3 is 0 Å². The lowest BCUT2D eigenvalue weighted by molar-refractivity contribution is 0.146. The minimum atomic E-state index is 0.468. The van der Waals surface area contributed by atoms with Crippen LogP contribution in [0.3, 0.4) is 0 Å². The number of piperidine rings is 1. The van der Waals surface area contributed by atoms with E-state index in [9.17, 15) is 0 Å². The summed E-state index contributed by atoms with van der Waals surface area (Å²) in [6.07, 6.45) is 3.84. The van der Waals surface area contributed by atoms with Crippen molar-refractivity contribution in [1.29, 1.82) is 0 Å². The Balaban J connectivity index is 1.91. The van der Waals surface area contributed by atoms with Crippen molar-refractivity contribution >= 4 is 11.3 Å². The molecule has 0 spiro atoms. The lowest BCUT2D eigenvalue weighted by Crippen LogP contribution is -2.46. The van der Waals surface area contributed by atoms with Crippen molar-refractivity contribution in [2.75, 3.05) is 19.6 Å². The highest BCUT2D eigenvalue weighted by molar-refractivity contribution is 7.09. The number of hydrogen-bond acceptors (Lipinski definition) is 4. The van der Waals surface area contributed by atoms with Crippen LogP contribution in [0.1, 0.15) is 49.9 Å². The molecule has 0 radical (unpaired) electrons. The first-order valence-electron chi connectivity index (χ1n) is 7.10. The van der Waals surface area contributed by atoms with E-state index in [1.165, 1.54) is 37.4 Å². The fourth-order valence-electron chi connectivity index (χ4n) is 2.59. The summed E-state index contributed by atoms with van der Waals surface area (Å²) in [5.74, 6) is 0. The lowest BCUT2D eigenvalue weighted by atomic mass is 10.0. The Kier molecular flexibility index (Phi) is 5.15. The van der Waals surface area contributed by atoms with E-state index >= 15 is 0 Å². The molecule has 2 rings (SSSR count). The van der Waals surface area contributed by atoms with Gasteiger partial charge in [-0.15, -0.1) is 11.3 Å². The van der Waals surface area contributed by atoms with Gasteiger partial charge in [-0.2, -0.15) is 0 Å². The van der Waals surface area contributed by atoms with Crippen LogP contribution in [0.5, 0.6) is 0 Å². The number of hydrogen-bond donors (Lipinski definition) is 1. The van der Waals surface area contributed by atoms with Gasteiger partial charge < -0.3 is 5.32 Å². The molecule has 0 bridgehead atoms. The first-order chi connectivity index (χ1) is 8.70. The highest BCUT2D eigenvalue weighted by Gasteiger charge is 2.25. The number of nitrogens with zero attached hydrogens (tertiary/aromatic N) is 2. The largest absolute Gasteiger partial charge is 0.313 e. The molecule has 1 aromatic rings. The van der Waals surface area contributed by atoms with Gasteiger partial charge in [0.1, 0.15) is 5.01 Å². The van der Waals surface area contributed by atoms with Crippen molar-refractivity contribution in [3.8, 4) is 0 Å². The van der Waals surface area contributed by atoms with Crippen LogP contribution in [-0.4, -0.2) is 35.6 Å². The number of rotatable bonds is 5. The molecule has 102 valence electrons. The summed E-state index contributed by atoms with van der Waals surface area (Å²) in [6, 6.07) is 1.14. The van der Waals surface area contributed by atoms with Crippen LogP contribution < -0.4 is 5.32 Å². The fourth-order valence-corrected chi connectivity index (χ4v) is 3.48. The van der Waals surface area contributed by atoms with Crippen LogP contribution in [0.4, 0.5) is 0 Å². The maximum Gasteiger partial charge on any atom is 0.110 e. The van der Waals surface area contributed by atoms with E-state index in [4.69, 9.17) is 0 Å². The Morgan fingerprint density at radius 2 is 2.44 bits per heavy atom. The van der Waals surface area contributed by atoms with Gasteiger partial charge in [0.25, 0.3) is 0 Å². The van der Waals surface area contributed by atoms with Crippen LogP contribution in [0.25, 0.3) is 0 Å². The van der Waals surface area contributed by atoms with Crippen LogP contribution in [0.2, 0.25) is 0 Å². The number of likely N-dealkylation sites (tertiary alicyclic amines) is 1. The molecule has 0 aromatic carbocycles. The normalized spacial score (nSPS) is 23.2. The standard InChI is InChI=1S/C14H25N3S/c1-4-7-15-13-6-5-8-17(9-13)12(3)14-16-11(2)10-18-14/h10,12-13,15H,4-9H2,1-3H3. The summed E-state index contributed by atoms with van der Waals surface area (Å²) in [5.41, 5.74) is 1.15. The van der Waals surface area contributed by atoms with Gasteiger partial charge in [-0.25, -0.2) is 4.98 Å². The summed E-state index contributed by atoms with van der Waals surface area (Å²) in [7, 11) is 0. The van der Waals surface area contributed by atoms with E-state index in [1.807, 2.05) is 0 Å². The predicted octanol–water partition coefficient (Wildman–Crippen LogP) is 2.98. The van der Waals surface area contributed by atoms with E-state index in [0.717, 1.165) is 12.2 Å². The number of nitrogens with one attached hydrogen (secondary N) is 1. The molecule has 18 heavy (non-hydrogen) atoms. The minimum Gasteiger partial charge on any atom is -0.313 e. The molecule has 0 aliphatic carbocycles. The lowest BCUT2D eigenvalue weighted by Gasteiger charge is -2.36. The van der Waals surface area contributed by atoms with Gasteiger partial charge in [-0.1, -0.05) is 6.92 Å². The van der Waals surface area contributed by atoms with E-state index in [0.29, 0.717) is 12.1 Å². The molecular weight excluding hydrogens is 242 g/mol. The van der Waals surface area contributed by atoms with Crippen molar-refractivity contribution in [3.05, 3.63) is 16.1 Å². The van der Waals surface area contributed by atoms with Crippen LogP contribution in [-0.2, 0) is 0 Å². The highest BCUT2D eigenvalue weighted by Crippen LogP contribution is 2.26. The molecular formula is C14H25N3S. The molecule has 2 heterocycles. The highest BCUT2D eigenvalue weighted by atomic mass is 32.1. The average molecular weight is 267 g/mol. The zero-order chi connectivity index (χ0) is 13.0. The predicted molar refractivity (Wildman–Crippen MR) is 78.2 cm³/mol. The summed E-state index contributed by atoms with van der Waals surface area (Å²) >= 11 is 1.80. The first-order valence-corrected chi connectivity index (χ1v) is 7.98. The molecule has 1 aliphatic heterocycles. The third kappa shape index (κ3) is 3.53. The molecule has 4 heteroatoms. The topological polar surface area (TPSA) is 28.2 Å². The molecule has 1 fully saturated rings. The van der Waals surface area contributed by atoms with Crippen LogP contribution in [0, 0.1) is 6.92 Å². The molecule has 1 aliphatic rings. The summed E-state index contributed by atoms with van der Waals surface area (Å²) in [4.78, 5) is 7.21. The number of aromatic nitrogens is 1. The third-order valence-electron chi connectivity index (χ3n) is 3.68. The zero-order valence-corrected chi connectivity index (χ0v) is 12.6. The zero-order valence-electron chi connectivity index (χ0n) is 11.8. The second-order valence-corrected chi connectivity index (χ2v) is 6.18. The molecule has 1 aromatic heterocycles. The molecule has 1 saturated heterocycles. The number of aryl methyl sites for hydroxylation is 1. The SMILES string of the molecule is CCCNC1CCCN(C(C)c2nc(C)cs2)C1. The van der Waals surface area contributed by atoms with Gasteiger partial charge in [0, 0.05) is 23.7 Å². The third-order valence-corrected chi connectivity index (χ3v) is 4.81. The Morgan fingerprint density at radius 1 is 1.61 bits per heavy atom. The molecule has 1 N–H and O–H groups in total. The second kappa shape index (κ2) is 6.64. The molecule has 3 nitrogen and oxygen atoms in total. The van der Waals surface area contributed by atoms with Gasteiger partial charge in [0.05, 0.1) is 6.04 Å². The average Bonchev–Trinajstić information content (AvgIpc) is 2.82. The van der Waals surface area contributed by atoms with Crippen molar-refractivity contribution in [3.63, 3.8) is 0 Å². The summed E-state index contributed by atoms with van der Waals surface area (Å²) in [5, 5.41) is 7.08. The molecule has 0 amide bonds. The molecule has 2 unspecified atom stereocenters. The van der Waals surface area contributed by atoms with Crippen molar-refractivity contribution in [1.82, 2.24) is 15.2 Å². The fraction of sp³-hybridized carbons (Fsp3) is 0.786. The van der Waals surface area contributed by atoms with Gasteiger partial charge in [-0.3, -0.25) is 4.90 Å². The molecule has 0 saturated carbocycles. The first kappa shape index (κ1) is 14.0. The van der Waals surface area contributed by atoms with Crippen LogP contribution in [0.15, 0.2) is 5.38 Å². The van der Waals surface area contributed by atoms with Crippen molar-refractivity contribution < 1.29 is 0 Å². The number of thiazole rings is 1. The van der Waals surface area contributed by atoms with E-state index in [-0.39, 0.29) is 0 Å².